The first-order valence-electron chi connectivity index (χ1n) is 6.52. The Bertz CT molecular complexity index is 667. The predicted octanol–water partition coefficient (Wildman–Crippen LogP) is 1.84. The lowest BCUT2D eigenvalue weighted by Gasteiger charge is -2.12. The summed E-state index contributed by atoms with van der Waals surface area (Å²) in [6.07, 6.45) is 1.59. The molecule has 0 aromatic carbocycles. The highest BCUT2D eigenvalue weighted by Gasteiger charge is 2.10. The fourth-order valence-corrected chi connectivity index (χ4v) is 2.64. The minimum absolute atomic E-state index is 0.172. The second-order valence-corrected chi connectivity index (χ2v) is 6.24. The fraction of sp³-hybridized carbons (Fsp3) is 0.462. The SMILES string of the molecule is Cc1ncsc1CNc1cnn(CCN(C)C)c(=O)c1Cl. The molecule has 0 bridgehead atoms. The Morgan fingerprint density at radius 2 is 2.24 bits per heavy atom. The molecule has 0 aliphatic heterocycles. The van der Waals surface area contributed by atoms with Gasteiger partial charge in [0.1, 0.15) is 5.02 Å². The molecule has 8 heteroatoms. The van der Waals surface area contributed by atoms with E-state index in [2.05, 4.69) is 15.4 Å². The van der Waals surface area contributed by atoms with Gasteiger partial charge in [0, 0.05) is 11.4 Å². The lowest BCUT2D eigenvalue weighted by Crippen LogP contribution is -2.29. The number of halogens is 1. The molecule has 0 aliphatic carbocycles. The van der Waals surface area contributed by atoms with E-state index in [0.717, 1.165) is 17.1 Å². The molecule has 0 amide bonds. The van der Waals surface area contributed by atoms with Crippen molar-refractivity contribution in [2.45, 2.75) is 20.0 Å². The van der Waals surface area contributed by atoms with Crippen molar-refractivity contribution in [1.29, 1.82) is 0 Å². The van der Waals surface area contributed by atoms with Crippen molar-refractivity contribution in [2.24, 2.45) is 0 Å². The van der Waals surface area contributed by atoms with Gasteiger partial charge in [0.2, 0.25) is 0 Å². The van der Waals surface area contributed by atoms with Gasteiger partial charge in [-0.05, 0) is 21.0 Å². The number of hydrogen-bond donors (Lipinski definition) is 1. The van der Waals surface area contributed by atoms with Crippen LogP contribution in [0.2, 0.25) is 5.02 Å². The predicted molar refractivity (Wildman–Crippen MR) is 86.2 cm³/mol. The van der Waals surface area contributed by atoms with Crippen molar-refractivity contribution in [2.75, 3.05) is 26.0 Å². The number of anilines is 1. The van der Waals surface area contributed by atoms with Crippen LogP contribution in [-0.2, 0) is 13.1 Å². The molecule has 6 nitrogen and oxygen atoms in total. The first kappa shape index (κ1) is 15.9. The molecule has 0 fully saturated rings. The molecule has 2 aromatic heterocycles. The molecule has 0 spiro atoms. The normalized spacial score (nSPS) is 11.1. The van der Waals surface area contributed by atoms with Gasteiger partial charge in [0.15, 0.2) is 0 Å². The molecule has 2 heterocycles. The summed E-state index contributed by atoms with van der Waals surface area (Å²) in [5.41, 5.74) is 3.06. The number of hydrogen-bond acceptors (Lipinski definition) is 6. The highest BCUT2D eigenvalue weighted by molar-refractivity contribution is 7.09. The Hall–Kier alpha value is -1.44. The fourth-order valence-electron chi connectivity index (χ4n) is 1.71. The zero-order valence-corrected chi connectivity index (χ0v) is 13.8. The summed E-state index contributed by atoms with van der Waals surface area (Å²) >= 11 is 7.70. The smallest absolute Gasteiger partial charge is 0.287 e. The van der Waals surface area contributed by atoms with E-state index in [0.29, 0.717) is 18.8 Å². The van der Waals surface area contributed by atoms with Crippen molar-refractivity contribution in [3.8, 4) is 0 Å². The maximum absolute atomic E-state index is 12.1. The molecule has 114 valence electrons. The average Bonchev–Trinajstić information content (AvgIpc) is 2.85. The number of likely N-dealkylation sites (N-methyl/N-ethyl adjacent to an activating group) is 1. The van der Waals surface area contributed by atoms with E-state index in [9.17, 15) is 4.79 Å². The Labute approximate surface area is 132 Å². The van der Waals surface area contributed by atoms with Gasteiger partial charge in [-0.15, -0.1) is 11.3 Å². The molecule has 1 N–H and O–H groups in total. The van der Waals surface area contributed by atoms with E-state index in [1.54, 1.807) is 23.0 Å². The lowest BCUT2D eigenvalue weighted by atomic mass is 10.3. The lowest BCUT2D eigenvalue weighted by molar-refractivity contribution is 0.367. The number of rotatable bonds is 6. The van der Waals surface area contributed by atoms with Crippen LogP contribution in [0.5, 0.6) is 0 Å². The van der Waals surface area contributed by atoms with Gasteiger partial charge in [-0.2, -0.15) is 5.10 Å². The van der Waals surface area contributed by atoms with Crippen molar-refractivity contribution in [3.63, 3.8) is 0 Å². The monoisotopic (exact) mass is 327 g/mol. The Morgan fingerprint density at radius 3 is 2.86 bits per heavy atom. The maximum atomic E-state index is 12.1. The molecule has 2 aromatic rings. The second-order valence-electron chi connectivity index (χ2n) is 4.92. The zero-order chi connectivity index (χ0) is 15.4. The third-order valence-corrected chi connectivity index (χ3v) is 4.33. The molecular weight excluding hydrogens is 310 g/mol. The van der Waals surface area contributed by atoms with E-state index < -0.39 is 0 Å². The largest absolute Gasteiger partial charge is 0.377 e. The van der Waals surface area contributed by atoms with E-state index >= 15 is 0 Å². The van der Waals surface area contributed by atoms with Crippen LogP contribution in [0.25, 0.3) is 0 Å². The van der Waals surface area contributed by atoms with Gasteiger partial charge in [-0.3, -0.25) is 4.79 Å². The summed E-state index contributed by atoms with van der Waals surface area (Å²) in [7, 11) is 3.89. The topological polar surface area (TPSA) is 63.1 Å². The van der Waals surface area contributed by atoms with Crippen LogP contribution in [0.15, 0.2) is 16.5 Å². The number of aromatic nitrogens is 3. The highest BCUT2D eigenvalue weighted by Crippen LogP contribution is 2.19. The van der Waals surface area contributed by atoms with Gasteiger partial charge >= 0.3 is 0 Å². The zero-order valence-electron chi connectivity index (χ0n) is 12.3. The Balaban J connectivity index is 2.09. The summed E-state index contributed by atoms with van der Waals surface area (Å²) in [6.45, 7) is 3.78. The van der Waals surface area contributed by atoms with Gasteiger partial charge < -0.3 is 10.2 Å². The first-order chi connectivity index (χ1) is 9.99. The summed E-state index contributed by atoms with van der Waals surface area (Å²) in [6, 6.07) is 0. The van der Waals surface area contributed by atoms with Crippen LogP contribution in [0, 0.1) is 6.92 Å². The molecule has 0 atom stereocenters. The van der Waals surface area contributed by atoms with Crippen LogP contribution in [0.4, 0.5) is 5.69 Å². The number of aryl methyl sites for hydroxylation is 1. The molecule has 21 heavy (non-hydrogen) atoms. The molecular formula is C13H18ClN5OS. The third-order valence-electron chi connectivity index (χ3n) is 3.03. The van der Waals surface area contributed by atoms with E-state index in [4.69, 9.17) is 11.6 Å². The van der Waals surface area contributed by atoms with Crippen molar-refractivity contribution < 1.29 is 0 Å². The Morgan fingerprint density at radius 1 is 1.48 bits per heavy atom. The summed E-state index contributed by atoms with van der Waals surface area (Å²) in [4.78, 5) is 19.4. The molecule has 0 unspecified atom stereocenters. The quantitative estimate of drug-likeness (QED) is 0.877. The average molecular weight is 328 g/mol. The minimum atomic E-state index is -0.274. The summed E-state index contributed by atoms with van der Waals surface area (Å²) < 4.78 is 1.38. The second kappa shape index (κ2) is 7.02. The van der Waals surface area contributed by atoms with Crippen LogP contribution in [0.1, 0.15) is 10.6 Å². The standard InChI is InChI=1S/C13H18ClN5OS/c1-9-11(21-8-16-9)7-15-10-6-17-19(5-4-18(2)3)13(20)12(10)14/h6,8,15H,4-5,7H2,1-3H3. The highest BCUT2D eigenvalue weighted by atomic mass is 35.5. The van der Waals surface area contributed by atoms with Crippen molar-refractivity contribution in [3.05, 3.63) is 37.7 Å². The summed E-state index contributed by atoms with van der Waals surface area (Å²) in [5, 5.41) is 7.47. The van der Waals surface area contributed by atoms with Crippen LogP contribution < -0.4 is 10.9 Å². The van der Waals surface area contributed by atoms with Gasteiger partial charge in [-0.1, -0.05) is 11.6 Å². The van der Waals surface area contributed by atoms with Gasteiger partial charge in [0.05, 0.1) is 36.2 Å². The van der Waals surface area contributed by atoms with E-state index in [1.807, 2.05) is 25.9 Å². The number of thiazole rings is 1. The van der Waals surface area contributed by atoms with Crippen LogP contribution in [-0.4, -0.2) is 40.3 Å². The van der Waals surface area contributed by atoms with E-state index in [1.165, 1.54) is 4.68 Å². The minimum Gasteiger partial charge on any atom is -0.377 e. The molecule has 0 saturated heterocycles. The first-order valence-corrected chi connectivity index (χ1v) is 7.78. The van der Waals surface area contributed by atoms with Crippen molar-refractivity contribution in [1.82, 2.24) is 19.7 Å². The van der Waals surface area contributed by atoms with Gasteiger partial charge in [0.25, 0.3) is 5.56 Å². The van der Waals surface area contributed by atoms with Crippen LogP contribution in [0.3, 0.4) is 0 Å². The maximum Gasteiger partial charge on any atom is 0.287 e. The van der Waals surface area contributed by atoms with Crippen molar-refractivity contribution >= 4 is 28.6 Å². The van der Waals surface area contributed by atoms with Crippen LogP contribution >= 0.6 is 22.9 Å². The van der Waals surface area contributed by atoms with Gasteiger partial charge in [-0.25, -0.2) is 9.67 Å². The molecule has 2 rings (SSSR count). The van der Waals surface area contributed by atoms with E-state index in [-0.39, 0.29) is 10.6 Å². The molecule has 0 saturated carbocycles. The third kappa shape index (κ3) is 4.03. The Kier molecular flexibility index (Phi) is 5.33. The molecule has 0 radical (unpaired) electrons. The number of nitrogens with one attached hydrogen (secondary N) is 1. The summed E-state index contributed by atoms with van der Waals surface area (Å²) in [5.74, 6) is 0. The molecule has 0 aliphatic rings. The number of nitrogens with zero attached hydrogens (tertiary/aromatic N) is 4.